The van der Waals surface area contributed by atoms with E-state index in [1.165, 1.54) is 12.1 Å². The van der Waals surface area contributed by atoms with Gasteiger partial charge in [-0.2, -0.15) is 0 Å². The van der Waals surface area contributed by atoms with Crippen LogP contribution in [0.3, 0.4) is 0 Å². The fourth-order valence-electron chi connectivity index (χ4n) is 2.77. The molecule has 2 aromatic rings. The lowest BCUT2D eigenvalue weighted by Gasteiger charge is -2.21. The van der Waals surface area contributed by atoms with E-state index in [4.69, 9.17) is 38.8 Å². The predicted molar refractivity (Wildman–Crippen MR) is 95.7 cm³/mol. The maximum Gasteiger partial charge on any atom is 0.320 e. The van der Waals surface area contributed by atoms with Gasteiger partial charge in [0.2, 0.25) is 0 Å². The van der Waals surface area contributed by atoms with Gasteiger partial charge in [-0.05, 0) is 30.2 Å². The van der Waals surface area contributed by atoms with Gasteiger partial charge < -0.3 is 15.6 Å². The first kappa shape index (κ1) is 17.7. The predicted octanol–water partition coefficient (Wildman–Crippen LogP) is 4.16. The van der Waals surface area contributed by atoms with Gasteiger partial charge in [-0.15, -0.1) is 0 Å². The molecule has 4 nitrogen and oxygen atoms in total. The second kappa shape index (κ2) is 7.04. The molecule has 1 aliphatic heterocycles. The van der Waals surface area contributed by atoms with Crippen molar-refractivity contribution in [3.05, 3.63) is 57.3 Å². The molecule has 1 aliphatic rings. The summed E-state index contributed by atoms with van der Waals surface area (Å²) in [5, 5.41) is 9.37. The Hall–Kier alpha value is -2.08. The van der Waals surface area contributed by atoms with E-state index in [0.717, 1.165) is 11.1 Å². The first-order valence-electron chi connectivity index (χ1n) is 7.47. The molecule has 0 radical (unpaired) electrons. The van der Waals surface area contributed by atoms with Crippen LogP contribution in [0, 0.1) is 5.82 Å². The molecule has 0 aliphatic carbocycles. The van der Waals surface area contributed by atoms with Crippen molar-refractivity contribution in [2.45, 2.75) is 12.5 Å². The lowest BCUT2D eigenvalue weighted by molar-refractivity contribution is -0.138. The molecule has 130 valence electrons. The first-order chi connectivity index (χ1) is 11.9. The van der Waals surface area contributed by atoms with Gasteiger partial charge in [0.05, 0.1) is 10.0 Å². The maximum absolute atomic E-state index is 13.5. The number of hydrogen-bond acceptors (Lipinski definition) is 3. The molecule has 0 saturated carbocycles. The van der Waals surface area contributed by atoms with Gasteiger partial charge in [0.25, 0.3) is 0 Å². The summed E-state index contributed by atoms with van der Waals surface area (Å²) in [5.74, 6) is -1.09. The molecule has 0 amide bonds. The molecule has 1 heterocycles. The molecular formula is C18H14Cl2FNO3. The number of aliphatic carboxylic acids is 1. The van der Waals surface area contributed by atoms with Crippen molar-refractivity contribution in [1.82, 2.24) is 0 Å². The van der Waals surface area contributed by atoms with E-state index in [1.807, 2.05) is 12.2 Å². The van der Waals surface area contributed by atoms with E-state index in [0.29, 0.717) is 23.5 Å². The highest BCUT2D eigenvalue weighted by Crippen LogP contribution is 2.44. The zero-order valence-corrected chi connectivity index (χ0v) is 14.4. The van der Waals surface area contributed by atoms with Crippen LogP contribution in [0.4, 0.5) is 4.39 Å². The maximum atomic E-state index is 13.5. The van der Waals surface area contributed by atoms with Gasteiger partial charge in [0.15, 0.2) is 0 Å². The average molecular weight is 382 g/mol. The number of ether oxygens (including phenoxy) is 1. The Kier molecular flexibility index (Phi) is 4.99. The van der Waals surface area contributed by atoms with Crippen molar-refractivity contribution in [3.63, 3.8) is 0 Å². The Morgan fingerprint density at radius 2 is 2.00 bits per heavy atom. The van der Waals surface area contributed by atoms with E-state index < -0.39 is 17.8 Å². The molecule has 0 saturated heterocycles. The van der Waals surface area contributed by atoms with Crippen LogP contribution in [0.1, 0.15) is 11.1 Å². The number of rotatable bonds is 4. The van der Waals surface area contributed by atoms with Crippen LogP contribution in [0.2, 0.25) is 10.0 Å². The van der Waals surface area contributed by atoms with Crippen LogP contribution in [0.5, 0.6) is 5.75 Å². The Bertz CT molecular complexity index is 860. The highest BCUT2D eigenvalue weighted by molar-refractivity contribution is 6.39. The standard InChI is InChI=1S/C18H14Cl2FNO3/c19-13-7-10(21)8-14(20)16(13)12-4-3-9(6-15(22)18(23)24)11-2-1-5-25-17(11)12/h1-4,7-8,15H,5-6,22H2,(H,23,24). The lowest BCUT2D eigenvalue weighted by atomic mass is 9.93. The number of carboxylic acid groups (broad SMARTS) is 1. The minimum absolute atomic E-state index is 0.149. The summed E-state index contributed by atoms with van der Waals surface area (Å²) in [6.45, 7) is 0.352. The van der Waals surface area contributed by atoms with E-state index in [1.54, 1.807) is 12.1 Å². The van der Waals surface area contributed by atoms with Gasteiger partial charge in [0, 0.05) is 16.7 Å². The molecule has 0 bridgehead atoms. The SMILES string of the molecule is NC(Cc1ccc(-c2c(Cl)cc(F)cc2Cl)c2c1C=CCO2)C(=O)O. The number of benzene rings is 2. The number of carbonyl (C=O) groups is 1. The van der Waals surface area contributed by atoms with Crippen molar-refractivity contribution < 1.29 is 19.0 Å². The number of hydrogen-bond donors (Lipinski definition) is 2. The van der Waals surface area contributed by atoms with Gasteiger partial charge >= 0.3 is 5.97 Å². The highest BCUT2D eigenvalue weighted by atomic mass is 35.5. The normalized spacial score (nSPS) is 13.9. The van der Waals surface area contributed by atoms with E-state index in [9.17, 15) is 9.18 Å². The largest absolute Gasteiger partial charge is 0.488 e. The first-order valence-corrected chi connectivity index (χ1v) is 8.22. The fraction of sp³-hybridized carbons (Fsp3) is 0.167. The van der Waals surface area contributed by atoms with Gasteiger partial charge in [0.1, 0.15) is 24.2 Å². The summed E-state index contributed by atoms with van der Waals surface area (Å²) in [5.41, 5.74) is 8.18. The zero-order valence-electron chi connectivity index (χ0n) is 12.9. The number of carboxylic acids is 1. The van der Waals surface area contributed by atoms with Crippen molar-refractivity contribution in [1.29, 1.82) is 0 Å². The summed E-state index contributed by atoms with van der Waals surface area (Å²) in [6.07, 6.45) is 3.81. The molecular weight excluding hydrogens is 368 g/mol. The Labute approximate surface area is 153 Å². The summed E-state index contributed by atoms with van der Waals surface area (Å²) < 4.78 is 19.2. The molecule has 25 heavy (non-hydrogen) atoms. The summed E-state index contributed by atoms with van der Waals surface area (Å²) in [4.78, 5) is 11.0. The molecule has 0 spiro atoms. The van der Waals surface area contributed by atoms with Crippen LogP contribution in [0.25, 0.3) is 17.2 Å². The van der Waals surface area contributed by atoms with Gasteiger partial charge in [-0.1, -0.05) is 41.4 Å². The second-order valence-electron chi connectivity index (χ2n) is 5.62. The van der Waals surface area contributed by atoms with E-state index >= 15 is 0 Å². The van der Waals surface area contributed by atoms with Crippen molar-refractivity contribution in [2.75, 3.05) is 6.61 Å². The molecule has 3 rings (SSSR count). The van der Waals surface area contributed by atoms with Crippen molar-refractivity contribution in [2.24, 2.45) is 5.73 Å². The zero-order chi connectivity index (χ0) is 18.1. The molecule has 0 aromatic heterocycles. The second-order valence-corrected chi connectivity index (χ2v) is 6.44. The average Bonchev–Trinajstić information content (AvgIpc) is 2.55. The Balaban J connectivity index is 2.15. The minimum Gasteiger partial charge on any atom is -0.488 e. The highest BCUT2D eigenvalue weighted by Gasteiger charge is 2.22. The topological polar surface area (TPSA) is 72.5 Å². The Morgan fingerprint density at radius 3 is 2.64 bits per heavy atom. The lowest BCUT2D eigenvalue weighted by Crippen LogP contribution is -2.32. The van der Waals surface area contributed by atoms with Crippen LogP contribution < -0.4 is 10.5 Å². The van der Waals surface area contributed by atoms with Crippen molar-refractivity contribution in [3.8, 4) is 16.9 Å². The molecule has 1 atom stereocenters. The molecule has 3 N–H and O–H groups in total. The fourth-order valence-corrected chi connectivity index (χ4v) is 3.44. The summed E-state index contributed by atoms with van der Waals surface area (Å²) in [6, 6.07) is 4.83. The Morgan fingerprint density at radius 1 is 1.32 bits per heavy atom. The third kappa shape index (κ3) is 3.49. The smallest absolute Gasteiger partial charge is 0.320 e. The van der Waals surface area contributed by atoms with E-state index in [-0.39, 0.29) is 16.5 Å². The monoisotopic (exact) mass is 381 g/mol. The number of fused-ring (bicyclic) bond motifs is 1. The summed E-state index contributed by atoms with van der Waals surface area (Å²) in [7, 11) is 0. The van der Waals surface area contributed by atoms with E-state index in [2.05, 4.69) is 0 Å². The van der Waals surface area contributed by atoms with Crippen LogP contribution in [0.15, 0.2) is 30.3 Å². The third-order valence-corrected chi connectivity index (χ3v) is 4.52. The molecule has 1 unspecified atom stereocenters. The number of nitrogens with two attached hydrogens (primary N) is 1. The van der Waals surface area contributed by atoms with Crippen LogP contribution in [-0.4, -0.2) is 23.7 Å². The van der Waals surface area contributed by atoms with Crippen LogP contribution in [-0.2, 0) is 11.2 Å². The molecule has 2 aromatic carbocycles. The molecule has 0 fully saturated rings. The quantitative estimate of drug-likeness (QED) is 0.833. The number of halogens is 3. The molecule has 7 heteroatoms. The summed E-state index contributed by atoms with van der Waals surface area (Å²) >= 11 is 12.4. The van der Waals surface area contributed by atoms with Gasteiger partial charge in [-0.3, -0.25) is 4.79 Å². The van der Waals surface area contributed by atoms with Crippen LogP contribution >= 0.6 is 23.2 Å². The van der Waals surface area contributed by atoms with Crippen molar-refractivity contribution >= 4 is 35.2 Å². The minimum atomic E-state index is -1.08. The third-order valence-electron chi connectivity index (χ3n) is 3.93. The van der Waals surface area contributed by atoms with Gasteiger partial charge in [-0.25, -0.2) is 4.39 Å².